The van der Waals surface area contributed by atoms with Gasteiger partial charge in [0.05, 0.1) is 21.3 Å². The maximum atomic E-state index is 13.3. The Labute approximate surface area is 112 Å². The molecule has 7 heteroatoms. The van der Waals surface area contributed by atoms with E-state index in [1.165, 1.54) is 13.0 Å². The first-order valence-corrected chi connectivity index (χ1v) is 6.30. The predicted octanol–water partition coefficient (Wildman–Crippen LogP) is 1.95. The van der Waals surface area contributed by atoms with Gasteiger partial charge in [0.15, 0.2) is 0 Å². The van der Waals surface area contributed by atoms with Crippen LogP contribution in [0, 0.1) is 12.7 Å². The molecule has 0 saturated carbocycles. The van der Waals surface area contributed by atoms with Gasteiger partial charge in [0.25, 0.3) is 5.91 Å². The molecule has 0 spiro atoms. The molecule has 0 aromatic carbocycles. The fraction of sp³-hybridized carbons (Fsp3) is 0.250. The third-order valence-corrected chi connectivity index (χ3v) is 3.91. The van der Waals surface area contributed by atoms with Gasteiger partial charge in [-0.3, -0.25) is 14.6 Å². The molecule has 2 N–H and O–H groups in total. The summed E-state index contributed by atoms with van der Waals surface area (Å²) in [5.41, 5.74) is 0.956. The lowest BCUT2D eigenvalue weighted by Gasteiger charge is -2.07. The smallest absolute Gasteiger partial charge is 0.325 e. The van der Waals surface area contributed by atoms with Crippen LogP contribution in [0.5, 0.6) is 0 Å². The molecule has 2 heterocycles. The van der Waals surface area contributed by atoms with Crippen molar-refractivity contribution in [2.24, 2.45) is 0 Å². The van der Waals surface area contributed by atoms with Crippen molar-refractivity contribution in [3.8, 4) is 0 Å². The number of aryl methyl sites for hydroxylation is 1. The molecule has 1 unspecified atom stereocenters. The van der Waals surface area contributed by atoms with E-state index in [9.17, 15) is 14.0 Å². The van der Waals surface area contributed by atoms with Crippen LogP contribution in [0.25, 0.3) is 10.2 Å². The van der Waals surface area contributed by atoms with Gasteiger partial charge in [-0.1, -0.05) is 0 Å². The van der Waals surface area contributed by atoms with E-state index in [1.54, 1.807) is 6.92 Å². The van der Waals surface area contributed by atoms with E-state index in [1.807, 2.05) is 0 Å². The van der Waals surface area contributed by atoms with Gasteiger partial charge in [-0.2, -0.15) is 0 Å². The van der Waals surface area contributed by atoms with Gasteiger partial charge in [0, 0.05) is 5.56 Å². The number of carbonyl (C=O) groups is 2. The van der Waals surface area contributed by atoms with Crippen LogP contribution >= 0.6 is 11.3 Å². The van der Waals surface area contributed by atoms with Crippen molar-refractivity contribution < 1.29 is 19.1 Å². The highest BCUT2D eigenvalue weighted by atomic mass is 32.1. The first-order valence-electron chi connectivity index (χ1n) is 5.48. The van der Waals surface area contributed by atoms with Gasteiger partial charge in [-0.15, -0.1) is 11.3 Å². The number of carboxylic acid groups (broad SMARTS) is 1. The van der Waals surface area contributed by atoms with Crippen LogP contribution in [-0.2, 0) is 4.79 Å². The van der Waals surface area contributed by atoms with Gasteiger partial charge in [0.2, 0.25) is 0 Å². The molecule has 2 aromatic rings. The normalized spacial score (nSPS) is 12.4. The van der Waals surface area contributed by atoms with Crippen molar-refractivity contribution in [1.29, 1.82) is 0 Å². The molecule has 0 saturated heterocycles. The third-order valence-electron chi connectivity index (χ3n) is 2.67. The summed E-state index contributed by atoms with van der Waals surface area (Å²) in [6, 6.07) is 0.541. The molecule has 1 atom stereocenters. The monoisotopic (exact) mass is 282 g/mol. The number of fused-ring (bicyclic) bond motifs is 1. The van der Waals surface area contributed by atoms with E-state index < -0.39 is 23.7 Å². The van der Waals surface area contributed by atoms with Crippen LogP contribution in [0.4, 0.5) is 4.39 Å². The van der Waals surface area contributed by atoms with Gasteiger partial charge < -0.3 is 10.4 Å². The third kappa shape index (κ3) is 2.55. The summed E-state index contributed by atoms with van der Waals surface area (Å²) in [5, 5.41) is 11.1. The number of aromatic nitrogens is 1. The van der Waals surface area contributed by atoms with Gasteiger partial charge in [0.1, 0.15) is 11.9 Å². The molecule has 19 heavy (non-hydrogen) atoms. The molecule has 2 aromatic heterocycles. The summed E-state index contributed by atoms with van der Waals surface area (Å²) >= 11 is 1.09. The maximum Gasteiger partial charge on any atom is 0.325 e. The van der Waals surface area contributed by atoms with Crippen LogP contribution in [0.15, 0.2) is 12.3 Å². The lowest BCUT2D eigenvalue weighted by Crippen LogP contribution is -2.37. The van der Waals surface area contributed by atoms with Crippen LogP contribution in [0.2, 0.25) is 0 Å². The van der Waals surface area contributed by atoms with Crippen LogP contribution in [0.3, 0.4) is 0 Å². The van der Waals surface area contributed by atoms with Crippen molar-refractivity contribution in [2.45, 2.75) is 19.9 Å². The number of nitrogens with one attached hydrogen (secondary N) is 1. The SMILES string of the molecule is Cc1c(F)cnc2cc(C(=O)NC(C)C(=O)O)sc12. The molecular formula is C12H11FN2O3S. The second-order valence-corrected chi connectivity index (χ2v) is 5.14. The first kappa shape index (κ1) is 13.4. The maximum absolute atomic E-state index is 13.3. The fourth-order valence-electron chi connectivity index (χ4n) is 1.52. The van der Waals surface area contributed by atoms with Crippen molar-refractivity contribution in [3.63, 3.8) is 0 Å². The Hall–Kier alpha value is -2.02. The topological polar surface area (TPSA) is 79.3 Å². The minimum atomic E-state index is -1.12. The Balaban J connectivity index is 2.34. The van der Waals surface area contributed by atoms with E-state index in [0.29, 0.717) is 20.7 Å². The molecule has 0 radical (unpaired) electrons. The quantitative estimate of drug-likeness (QED) is 0.901. The number of amides is 1. The fourth-order valence-corrected chi connectivity index (χ4v) is 2.53. The van der Waals surface area contributed by atoms with Gasteiger partial charge in [-0.25, -0.2) is 4.39 Å². The van der Waals surface area contributed by atoms with E-state index in [4.69, 9.17) is 5.11 Å². The Bertz CT molecular complexity index is 668. The number of carbonyl (C=O) groups excluding carboxylic acids is 1. The van der Waals surface area contributed by atoms with E-state index in [-0.39, 0.29) is 0 Å². The second-order valence-electron chi connectivity index (χ2n) is 4.09. The number of nitrogens with zero attached hydrogens (tertiary/aromatic N) is 1. The Morgan fingerprint density at radius 2 is 2.21 bits per heavy atom. The predicted molar refractivity (Wildman–Crippen MR) is 68.9 cm³/mol. The highest BCUT2D eigenvalue weighted by molar-refractivity contribution is 7.21. The number of hydrogen-bond acceptors (Lipinski definition) is 4. The number of thiophene rings is 1. The molecule has 1 amide bonds. The summed E-state index contributed by atoms with van der Waals surface area (Å²) in [7, 11) is 0. The molecule has 0 aliphatic rings. The molecule has 0 fully saturated rings. The second kappa shape index (κ2) is 4.93. The summed E-state index contributed by atoms with van der Waals surface area (Å²) in [4.78, 5) is 26.7. The van der Waals surface area contributed by atoms with Crippen molar-refractivity contribution in [1.82, 2.24) is 10.3 Å². The lowest BCUT2D eigenvalue weighted by molar-refractivity contribution is -0.138. The Morgan fingerprint density at radius 3 is 2.84 bits per heavy atom. The molecular weight excluding hydrogens is 271 g/mol. The van der Waals surface area contributed by atoms with Crippen LogP contribution in [-0.4, -0.2) is 28.0 Å². The average molecular weight is 282 g/mol. The van der Waals surface area contributed by atoms with E-state index in [0.717, 1.165) is 17.5 Å². The molecule has 0 aliphatic carbocycles. The average Bonchev–Trinajstić information content (AvgIpc) is 2.78. The van der Waals surface area contributed by atoms with Crippen molar-refractivity contribution >= 4 is 33.4 Å². The minimum absolute atomic E-state index is 0.310. The molecule has 5 nitrogen and oxygen atoms in total. The number of hydrogen-bond donors (Lipinski definition) is 2. The standard InChI is InChI=1S/C12H11FN2O3S/c1-5-7(13)4-14-8-3-9(19-10(5)8)11(16)15-6(2)12(17)18/h3-4,6H,1-2H3,(H,15,16)(H,17,18). The van der Waals surface area contributed by atoms with E-state index in [2.05, 4.69) is 10.3 Å². The van der Waals surface area contributed by atoms with Crippen LogP contribution in [0.1, 0.15) is 22.2 Å². The highest BCUT2D eigenvalue weighted by Crippen LogP contribution is 2.28. The Morgan fingerprint density at radius 1 is 1.53 bits per heavy atom. The lowest BCUT2D eigenvalue weighted by atomic mass is 10.2. The molecule has 0 aliphatic heterocycles. The highest BCUT2D eigenvalue weighted by Gasteiger charge is 2.18. The summed E-state index contributed by atoms with van der Waals surface area (Å²) in [6.07, 6.45) is 1.10. The zero-order valence-corrected chi connectivity index (χ0v) is 11.0. The van der Waals surface area contributed by atoms with Gasteiger partial charge >= 0.3 is 5.97 Å². The number of rotatable bonds is 3. The van der Waals surface area contributed by atoms with Crippen molar-refractivity contribution in [2.75, 3.05) is 0 Å². The number of aliphatic carboxylic acids is 1. The van der Waals surface area contributed by atoms with Crippen LogP contribution < -0.4 is 5.32 Å². The molecule has 0 bridgehead atoms. The van der Waals surface area contributed by atoms with Crippen molar-refractivity contribution in [3.05, 3.63) is 28.5 Å². The summed E-state index contributed by atoms with van der Waals surface area (Å²) in [6.45, 7) is 2.98. The zero-order valence-electron chi connectivity index (χ0n) is 10.2. The van der Waals surface area contributed by atoms with Gasteiger partial charge in [-0.05, 0) is 19.9 Å². The number of carboxylic acids is 1. The number of halogens is 1. The summed E-state index contributed by atoms with van der Waals surface area (Å²) < 4.78 is 13.9. The summed E-state index contributed by atoms with van der Waals surface area (Å²) in [5.74, 6) is -2.05. The Kier molecular flexibility index (Phi) is 3.48. The molecule has 2 rings (SSSR count). The first-order chi connectivity index (χ1) is 8.90. The number of pyridine rings is 1. The largest absolute Gasteiger partial charge is 0.480 e. The molecule has 100 valence electrons. The zero-order chi connectivity index (χ0) is 14.2. The van der Waals surface area contributed by atoms with E-state index >= 15 is 0 Å². The minimum Gasteiger partial charge on any atom is -0.480 e.